The van der Waals surface area contributed by atoms with Crippen LogP contribution in [0.5, 0.6) is 5.75 Å². The maximum Gasteiger partial charge on any atom is 0.260 e. The van der Waals surface area contributed by atoms with Crippen LogP contribution in [0.15, 0.2) is 48.5 Å². The Labute approximate surface area is 142 Å². The molecule has 0 saturated carbocycles. The molecule has 2 aromatic rings. The minimum atomic E-state index is -0.520. The Balaban J connectivity index is 1.81. The SMILES string of the molecule is CCc1ccccc1O[C@H](C)C(=O)NCCc1ccc(Cl)cc1. The summed E-state index contributed by atoms with van der Waals surface area (Å²) >= 11 is 5.85. The van der Waals surface area contributed by atoms with E-state index in [0.29, 0.717) is 6.54 Å². The summed E-state index contributed by atoms with van der Waals surface area (Å²) in [6.07, 6.45) is 1.12. The Bertz CT molecular complexity index is 640. The van der Waals surface area contributed by atoms with Crippen molar-refractivity contribution in [3.05, 3.63) is 64.7 Å². The molecule has 0 spiro atoms. The lowest BCUT2D eigenvalue weighted by atomic mass is 10.1. The van der Waals surface area contributed by atoms with Gasteiger partial charge in [0.2, 0.25) is 0 Å². The summed E-state index contributed by atoms with van der Waals surface area (Å²) < 4.78 is 5.79. The molecule has 2 aromatic carbocycles. The third-order valence-corrected chi connectivity index (χ3v) is 3.90. The van der Waals surface area contributed by atoms with Gasteiger partial charge < -0.3 is 10.1 Å². The molecule has 1 amide bonds. The van der Waals surface area contributed by atoms with Gasteiger partial charge in [0.25, 0.3) is 5.91 Å². The average molecular weight is 332 g/mol. The summed E-state index contributed by atoms with van der Waals surface area (Å²) in [5.41, 5.74) is 2.24. The molecule has 0 fully saturated rings. The summed E-state index contributed by atoms with van der Waals surface area (Å²) in [5.74, 6) is 0.667. The third-order valence-electron chi connectivity index (χ3n) is 3.65. The lowest BCUT2D eigenvalue weighted by molar-refractivity contribution is -0.127. The molecule has 2 rings (SSSR count). The van der Waals surface area contributed by atoms with Crippen molar-refractivity contribution in [1.82, 2.24) is 5.32 Å². The van der Waals surface area contributed by atoms with Gasteiger partial charge in [0.15, 0.2) is 6.10 Å². The van der Waals surface area contributed by atoms with Crippen LogP contribution in [0.2, 0.25) is 5.02 Å². The van der Waals surface area contributed by atoms with Gasteiger partial charge in [-0.05, 0) is 49.1 Å². The molecule has 1 N–H and O–H groups in total. The molecule has 122 valence electrons. The first-order valence-corrected chi connectivity index (χ1v) is 8.24. The zero-order chi connectivity index (χ0) is 16.7. The molecule has 0 bridgehead atoms. The van der Waals surface area contributed by atoms with E-state index < -0.39 is 6.10 Å². The number of hydrogen-bond acceptors (Lipinski definition) is 2. The molecule has 0 aromatic heterocycles. The van der Waals surface area contributed by atoms with E-state index in [0.717, 1.165) is 34.7 Å². The second-order valence-corrected chi connectivity index (χ2v) is 5.83. The van der Waals surface area contributed by atoms with Crippen LogP contribution in [0.4, 0.5) is 0 Å². The standard InChI is InChI=1S/C19H22ClNO2/c1-3-16-6-4-5-7-18(16)23-14(2)19(22)21-13-12-15-8-10-17(20)11-9-15/h4-11,14H,3,12-13H2,1-2H3,(H,21,22)/t14-/m1/s1. The fraction of sp³-hybridized carbons (Fsp3) is 0.316. The molecule has 0 aliphatic heterocycles. The molecule has 4 heteroatoms. The first-order valence-electron chi connectivity index (χ1n) is 7.87. The molecular weight excluding hydrogens is 310 g/mol. The zero-order valence-corrected chi connectivity index (χ0v) is 14.3. The normalized spacial score (nSPS) is 11.8. The Hall–Kier alpha value is -2.00. The van der Waals surface area contributed by atoms with E-state index in [1.54, 1.807) is 6.92 Å². The number of halogens is 1. The predicted molar refractivity (Wildman–Crippen MR) is 94.1 cm³/mol. The van der Waals surface area contributed by atoms with Gasteiger partial charge in [0.05, 0.1) is 0 Å². The van der Waals surface area contributed by atoms with E-state index in [2.05, 4.69) is 12.2 Å². The van der Waals surface area contributed by atoms with Gasteiger partial charge in [0.1, 0.15) is 5.75 Å². The first kappa shape index (κ1) is 17.4. The topological polar surface area (TPSA) is 38.3 Å². The monoisotopic (exact) mass is 331 g/mol. The Kier molecular flexibility index (Phi) is 6.48. The van der Waals surface area contributed by atoms with E-state index in [1.807, 2.05) is 48.5 Å². The average Bonchev–Trinajstić information content (AvgIpc) is 2.57. The van der Waals surface area contributed by atoms with Gasteiger partial charge in [-0.15, -0.1) is 0 Å². The summed E-state index contributed by atoms with van der Waals surface area (Å²) in [7, 11) is 0. The maximum absolute atomic E-state index is 12.1. The highest BCUT2D eigenvalue weighted by Crippen LogP contribution is 2.19. The lowest BCUT2D eigenvalue weighted by Crippen LogP contribution is -2.37. The van der Waals surface area contributed by atoms with Crippen LogP contribution in [-0.4, -0.2) is 18.6 Å². The molecule has 0 saturated heterocycles. The van der Waals surface area contributed by atoms with Crippen molar-refractivity contribution in [1.29, 1.82) is 0 Å². The zero-order valence-electron chi connectivity index (χ0n) is 13.5. The number of amides is 1. The molecule has 0 unspecified atom stereocenters. The predicted octanol–water partition coefficient (Wildman–Crippen LogP) is 4.03. The number of carbonyl (C=O) groups is 1. The number of para-hydroxylation sites is 1. The number of benzene rings is 2. The van der Waals surface area contributed by atoms with Gasteiger partial charge in [-0.2, -0.15) is 0 Å². The minimum absolute atomic E-state index is 0.107. The van der Waals surface area contributed by atoms with E-state index >= 15 is 0 Å². The maximum atomic E-state index is 12.1. The Morgan fingerprint density at radius 3 is 2.57 bits per heavy atom. The fourth-order valence-electron chi connectivity index (χ4n) is 2.28. The van der Waals surface area contributed by atoms with Crippen LogP contribution in [0.3, 0.4) is 0 Å². The van der Waals surface area contributed by atoms with E-state index in [4.69, 9.17) is 16.3 Å². The van der Waals surface area contributed by atoms with Crippen molar-refractivity contribution in [3.8, 4) is 5.75 Å². The highest BCUT2D eigenvalue weighted by atomic mass is 35.5. The number of hydrogen-bond donors (Lipinski definition) is 1. The second kappa shape index (κ2) is 8.59. The fourth-order valence-corrected chi connectivity index (χ4v) is 2.41. The molecular formula is C19H22ClNO2. The van der Waals surface area contributed by atoms with Crippen LogP contribution in [0.25, 0.3) is 0 Å². The van der Waals surface area contributed by atoms with Crippen molar-refractivity contribution in [2.24, 2.45) is 0 Å². The molecule has 0 radical (unpaired) electrons. The first-order chi connectivity index (χ1) is 11.1. The molecule has 0 aliphatic carbocycles. The van der Waals surface area contributed by atoms with Crippen LogP contribution < -0.4 is 10.1 Å². The van der Waals surface area contributed by atoms with Crippen LogP contribution in [0.1, 0.15) is 25.0 Å². The quantitative estimate of drug-likeness (QED) is 0.832. The Morgan fingerprint density at radius 2 is 1.87 bits per heavy atom. The van der Waals surface area contributed by atoms with Crippen LogP contribution in [0, 0.1) is 0 Å². The number of carbonyl (C=O) groups excluding carboxylic acids is 1. The van der Waals surface area contributed by atoms with Crippen LogP contribution >= 0.6 is 11.6 Å². The summed E-state index contributed by atoms with van der Waals surface area (Å²) in [6, 6.07) is 15.4. The van der Waals surface area contributed by atoms with Gasteiger partial charge in [-0.25, -0.2) is 0 Å². The largest absolute Gasteiger partial charge is 0.481 e. The smallest absolute Gasteiger partial charge is 0.260 e. The lowest BCUT2D eigenvalue weighted by Gasteiger charge is -2.17. The van der Waals surface area contributed by atoms with E-state index in [1.165, 1.54) is 0 Å². The Morgan fingerprint density at radius 1 is 1.17 bits per heavy atom. The van der Waals surface area contributed by atoms with Gasteiger partial charge in [-0.1, -0.05) is 48.9 Å². The van der Waals surface area contributed by atoms with E-state index in [-0.39, 0.29) is 5.91 Å². The van der Waals surface area contributed by atoms with Crippen molar-refractivity contribution < 1.29 is 9.53 Å². The van der Waals surface area contributed by atoms with Crippen molar-refractivity contribution >= 4 is 17.5 Å². The molecule has 1 atom stereocenters. The summed E-state index contributed by atoms with van der Waals surface area (Å²) in [4.78, 5) is 12.1. The molecule has 0 heterocycles. The second-order valence-electron chi connectivity index (χ2n) is 5.39. The highest BCUT2D eigenvalue weighted by Gasteiger charge is 2.15. The number of nitrogens with one attached hydrogen (secondary N) is 1. The summed E-state index contributed by atoms with van der Waals surface area (Å²) in [6.45, 7) is 4.41. The highest BCUT2D eigenvalue weighted by molar-refractivity contribution is 6.30. The number of rotatable bonds is 7. The van der Waals surface area contributed by atoms with Crippen molar-refractivity contribution in [2.45, 2.75) is 32.8 Å². The molecule has 23 heavy (non-hydrogen) atoms. The van der Waals surface area contributed by atoms with Gasteiger partial charge in [0, 0.05) is 11.6 Å². The number of aryl methyl sites for hydroxylation is 1. The minimum Gasteiger partial charge on any atom is -0.481 e. The van der Waals surface area contributed by atoms with Gasteiger partial charge in [-0.3, -0.25) is 4.79 Å². The number of ether oxygens (including phenoxy) is 1. The molecule has 0 aliphatic rings. The van der Waals surface area contributed by atoms with Gasteiger partial charge >= 0.3 is 0 Å². The van der Waals surface area contributed by atoms with Crippen molar-refractivity contribution in [3.63, 3.8) is 0 Å². The molecule has 3 nitrogen and oxygen atoms in total. The van der Waals surface area contributed by atoms with Crippen molar-refractivity contribution in [2.75, 3.05) is 6.54 Å². The summed E-state index contributed by atoms with van der Waals surface area (Å²) in [5, 5.41) is 3.62. The van der Waals surface area contributed by atoms with Crippen LogP contribution in [-0.2, 0) is 17.6 Å². The third kappa shape index (κ3) is 5.29. The van der Waals surface area contributed by atoms with E-state index in [9.17, 15) is 4.79 Å².